The number of carbonyl (C=O) groups is 1. The van der Waals surface area contributed by atoms with Gasteiger partial charge >= 0.3 is 0 Å². The van der Waals surface area contributed by atoms with E-state index in [2.05, 4.69) is 5.32 Å². The van der Waals surface area contributed by atoms with Gasteiger partial charge in [-0.05, 0) is 49.2 Å². The van der Waals surface area contributed by atoms with Gasteiger partial charge < -0.3 is 10.1 Å². The molecular formula is C19H22N2O4S. The summed E-state index contributed by atoms with van der Waals surface area (Å²) >= 11 is 0. The first kappa shape index (κ1) is 18.4. The fraction of sp³-hybridized carbons (Fsp3) is 0.316. The second-order valence-corrected chi connectivity index (χ2v) is 8.25. The number of nitrogens with one attached hydrogen (secondary N) is 1. The molecule has 0 spiro atoms. The standard InChI is InChI=1S/C19H22N2O4S/c22-19(12-15-26(23,24)21-13-4-5-14-21)20-16-8-10-18(11-9-16)25-17-6-2-1-3-7-17/h1-3,6-11H,4-5,12-15H2,(H,20,22). The molecule has 1 fully saturated rings. The molecule has 0 bridgehead atoms. The molecule has 26 heavy (non-hydrogen) atoms. The van der Waals surface area contributed by atoms with Crippen LogP contribution in [0.25, 0.3) is 0 Å². The maximum atomic E-state index is 12.1. The summed E-state index contributed by atoms with van der Waals surface area (Å²) < 4.78 is 31.4. The van der Waals surface area contributed by atoms with Crippen LogP contribution >= 0.6 is 0 Å². The third kappa shape index (κ3) is 5.06. The van der Waals surface area contributed by atoms with Gasteiger partial charge in [0.25, 0.3) is 0 Å². The first-order valence-corrected chi connectivity index (χ1v) is 10.2. The predicted molar refractivity (Wildman–Crippen MR) is 101 cm³/mol. The van der Waals surface area contributed by atoms with Crippen LogP contribution in [0.5, 0.6) is 11.5 Å². The van der Waals surface area contributed by atoms with Crippen LogP contribution < -0.4 is 10.1 Å². The van der Waals surface area contributed by atoms with Crippen molar-refractivity contribution in [2.45, 2.75) is 19.3 Å². The molecule has 6 nitrogen and oxygen atoms in total. The zero-order chi connectivity index (χ0) is 18.4. The lowest BCUT2D eigenvalue weighted by atomic mass is 10.3. The lowest BCUT2D eigenvalue weighted by Crippen LogP contribution is -2.31. The molecule has 1 amide bonds. The third-order valence-electron chi connectivity index (χ3n) is 4.16. The maximum absolute atomic E-state index is 12.1. The normalized spacial score (nSPS) is 14.9. The molecule has 3 rings (SSSR count). The average molecular weight is 374 g/mol. The van der Waals surface area contributed by atoms with Crippen molar-refractivity contribution in [3.63, 3.8) is 0 Å². The van der Waals surface area contributed by atoms with Crippen molar-refractivity contribution in [1.29, 1.82) is 0 Å². The number of amides is 1. The van der Waals surface area contributed by atoms with E-state index in [1.807, 2.05) is 30.3 Å². The van der Waals surface area contributed by atoms with E-state index in [9.17, 15) is 13.2 Å². The van der Waals surface area contributed by atoms with Gasteiger partial charge in [-0.2, -0.15) is 0 Å². The van der Waals surface area contributed by atoms with Crippen LogP contribution in [0.1, 0.15) is 19.3 Å². The Hall–Kier alpha value is -2.38. The van der Waals surface area contributed by atoms with Crippen LogP contribution in [-0.4, -0.2) is 37.5 Å². The van der Waals surface area contributed by atoms with E-state index in [4.69, 9.17) is 4.74 Å². The molecule has 0 radical (unpaired) electrons. The number of hydrogen-bond donors (Lipinski definition) is 1. The fourth-order valence-corrected chi connectivity index (χ4v) is 4.29. The largest absolute Gasteiger partial charge is 0.457 e. The molecular weight excluding hydrogens is 352 g/mol. The minimum absolute atomic E-state index is 0.0545. The Bertz CT molecular complexity index is 830. The summed E-state index contributed by atoms with van der Waals surface area (Å²) in [5.41, 5.74) is 0.606. The molecule has 1 heterocycles. The topological polar surface area (TPSA) is 75.7 Å². The van der Waals surface area contributed by atoms with Crippen LogP contribution in [0, 0.1) is 0 Å². The van der Waals surface area contributed by atoms with Gasteiger partial charge in [0.1, 0.15) is 11.5 Å². The van der Waals surface area contributed by atoms with Crippen molar-refractivity contribution < 1.29 is 17.9 Å². The van der Waals surface area contributed by atoms with Crippen LogP contribution in [-0.2, 0) is 14.8 Å². The molecule has 138 valence electrons. The first-order chi connectivity index (χ1) is 12.5. The quantitative estimate of drug-likeness (QED) is 0.807. The minimum Gasteiger partial charge on any atom is -0.457 e. The number of nitrogens with zero attached hydrogens (tertiary/aromatic N) is 1. The SMILES string of the molecule is O=C(CCS(=O)(=O)N1CCCC1)Nc1ccc(Oc2ccccc2)cc1. The molecule has 7 heteroatoms. The van der Waals surface area contributed by atoms with E-state index in [-0.39, 0.29) is 18.1 Å². The van der Waals surface area contributed by atoms with Crippen molar-refractivity contribution in [2.24, 2.45) is 0 Å². The zero-order valence-corrected chi connectivity index (χ0v) is 15.2. The average Bonchev–Trinajstić information content (AvgIpc) is 3.18. The van der Waals surface area contributed by atoms with Crippen LogP contribution in [0.3, 0.4) is 0 Å². The molecule has 0 aliphatic carbocycles. The number of ether oxygens (including phenoxy) is 1. The van der Waals surface area contributed by atoms with Gasteiger partial charge in [0.15, 0.2) is 0 Å². The molecule has 2 aromatic rings. The van der Waals surface area contributed by atoms with Gasteiger partial charge in [-0.1, -0.05) is 18.2 Å². The molecule has 2 aromatic carbocycles. The Morgan fingerprint density at radius 1 is 0.962 bits per heavy atom. The number of carbonyl (C=O) groups excluding carboxylic acids is 1. The number of sulfonamides is 1. The highest BCUT2D eigenvalue weighted by Gasteiger charge is 2.25. The summed E-state index contributed by atoms with van der Waals surface area (Å²) in [6.45, 7) is 1.12. The van der Waals surface area contributed by atoms with E-state index >= 15 is 0 Å². The number of rotatable bonds is 7. The first-order valence-electron chi connectivity index (χ1n) is 8.64. The van der Waals surface area contributed by atoms with Crippen LogP contribution in [0.4, 0.5) is 5.69 Å². The molecule has 1 saturated heterocycles. The summed E-state index contributed by atoms with van der Waals surface area (Å²) in [6.07, 6.45) is 1.73. The summed E-state index contributed by atoms with van der Waals surface area (Å²) in [6, 6.07) is 16.4. The number of anilines is 1. The second kappa shape index (κ2) is 8.33. The number of hydrogen-bond acceptors (Lipinski definition) is 4. The maximum Gasteiger partial charge on any atom is 0.225 e. The van der Waals surface area contributed by atoms with E-state index in [0.717, 1.165) is 18.6 Å². The molecule has 0 atom stereocenters. The van der Waals surface area contributed by atoms with Gasteiger partial charge in [0.2, 0.25) is 15.9 Å². The molecule has 1 aliphatic heterocycles. The Labute approximate surface area is 153 Å². The summed E-state index contributed by atoms with van der Waals surface area (Å²) in [5.74, 6) is 0.917. The van der Waals surface area contributed by atoms with Crippen molar-refractivity contribution in [3.8, 4) is 11.5 Å². The van der Waals surface area contributed by atoms with Gasteiger partial charge in [-0.25, -0.2) is 12.7 Å². The predicted octanol–water partition coefficient (Wildman–Crippen LogP) is 3.23. The molecule has 1 aliphatic rings. The van der Waals surface area contributed by atoms with Crippen molar-refractivity contribution in [1.82, 2.24) is 4.31 Å². The number of para-hydroxylation sites is 1. The smallest absolute Gasteiger partial charge is 0.225 e. The van der Waals surface area contributed by atoms with E-state index < -0.39 is 10.0 Å². The van der Waals surface area contributed by atoms with E-state index in [0.29, 0.717) is 24.5 Å². The number of benzene rings is 2. The zero-order valence-electron chi connectivity index (χ0n) is 14.4. The lowest BCUT2D eigenvalue weighted by molar-refractivity contribution is -0.115. The lowest BCUT2D eigenvalue weighted by Gasteiger charge is -2.15. The van der Waals surface area contributed by atoms with Crippen molar-refractivity contribution in [2.75, 3.05) is 24.2 Å². The Balaban J connectivity index is 1.50. The highest BCUT2D eigenvalue weighted by atomic mass is 32.2. The van der Waals surface area contributed by atoms with Crippen LogP contribution in [0.2, 0.25) is 0 Å². The minimum atomic E-state index is -3.34. The van der Waals surface area contributed by atoms with Crippen molar-refractivity contribution in [3.05, 3.63) is 54.6 Å². The van der Waals surface area contributed by atoms with E-state index in [1.165, 1.54) is 4.31 Å². The van der Waals surface area contributed by atoms with Gasteiger partial charge in [0.05, 0.1) is 5.75 Å². The Morgan fingerprint density at radius 2 is 1.58 bits per heavy atom. The monoisotopic (exact) mass is 374 g/mol. The third-order valence-corrected chi connectivity index (χ3v) is 6.03. The van der Waals surface area contributed by atoms with Gasteiger partial charge in [-0.3, -0.25) is 4.79 Å². The Kier molecular flexibility index (Phi) is 5.90. The van der Waals surface area contributed by atoms with Crippen LogP contribution in [0.15, 0.2) is 54.6 Å². The molecule has 0 saturated carbocycles. The summed E-state index contributed by atoms with van der Waals surface area (Å²) in [7, 11) is -3.34. The molecule has 1 N–H and O–H groups in total. The van der Waals surface area contributed by atoms with Gasteiger partial charge in [0, 0.05) is 25.2 Å². The summed E-state index contributed by atoms with van der Waals surface area (Å²) in [4.78, 5) is 12.0. The molecule has 0 aromatic heterocycles. The molecule has 0 unspecified atom stereocenters. The van der Waals surface area contributed by atoms with Crippen molar-refractivity contribution >= 4 is 21.6 Å². The Morgan fingerprint density at radius 3 is 2.23 bits per heavy atom. The highest BCUT2D eigenvalue weighted by molar-refractivity contribution is 7.89. The fourth-order valence-electron chi connectivity index (χ4n) is 2.77. The highest BCUT2D eigenvalue weighted by Crippen LogP contribution is 2.22. The van der Waals surface area contributed by atoms with E-state index in [1.54, 1.807) is 24.3 Å². The van der Waals surface area contributed by atoms with Gasteiger partial charge in [-0.15, -0.1) is 0 Å². The summed E-state index contributed by atoms with van der Waals surface area (Å²) in [5, 5.41) is 2.72. The second-order valence-electron chi connectivity index (χ2n) is 6.16.